The molecule has 0 aliphatic rings. The highest BCUT2D eigenvalue weighted by Gasteiger charge is 2.37. The Morgan fingerprint density at radius 3 is 2.75 bits per heavy atom. The predicted octanol–water partition coefficient (Wildman–Crippen LogP) is 2.46. The van der Waals surface area contributed by atoms with Crippen molar-refractivity contribution in [2.45, 2.75) is 6.18 Å². The number of rotatable bonds is 4. The van der Waals surface area contributed by atoms with E-state index in [1.807, 2.05) is 5.10 Å². The van der Waals surface area contributed by atoms with Gasteiger partial charge in [0.25, 0.3) is 11.5 Å². The summed E-state index contributed by atoms with van der Waals surface area (Å²) in [7, 11) is 1.19. The molecule has 0 unspecified atom stereocenters. The van der Waals surface area contributed by atoms with E-state index in [9.17, 15) is 28.4 Å². The van der Waals surface area contributed by atoms with Crippen LogP contribution < -0.4 is 4.74 Å². The first-order valence-electron chi connectivity index (χ1n) is 5.99. The summed E-state index contributed by atoms with van der Waals surface area (Å²) < 4.78 is 42.9. The number of benzene rings is 1. The van der Waals surface area contributed by atoms with Crippen LogP contribution in [0.15, 0.2) is 17.2 Å². The highest BCUT2D eigenvalue weighted by Crippen LogP contribution is 2.33. The van der Waals surface area contributed by atoms with Crippen LogP contribution in [0.5, 0.6) is 11.5 Å². The van der Waals surface area contributed by atoms with Gasteiger partial charge >= 0.3 is 6.18 Å². The molecule has 0 aliphatic carbocycles. The summed E-state index contributed by atoms with van der Waals surface area (Å²) in [5.74, 6) is -2.05. The number of H-pyrrole nitrogens is 1. The molecule has 128 valence electrons. The van der Waals surface area contributed by atoms with Crippen molar-refractivity contribution < 1.29 is 27.9 Å². The minimum absolute atomic E-state index is 0.172. The largest absolute Gasteiger partial charge is 0.504 e. The van der Waals surface area contributed by atoms with Gasteiger partial charge in [-0.3, -0.25) is 10.1 Å². The fraction of sp³-hybridized carbons (Fsp3) is 0.182. The van der Waals surface area contributed by atoms with Crippen LogP contribution in [-0.4, -0.2) is 38.2 Å². The van der Waals surface area contributed by atoms with E-state index in [1.54, 1.807) is 0 Å². The van der Waals surface area contributed by atoms with Gasteiger partial charge in [0.15, 0.2) is 11.5 Å². The molecule has 13 heteroatoms. The summed E-state index contributed by atoms with van der Waals surface area (Å²) in [6.45, 7) is 0. The normalized spacial score (nSPS) is 11.8. The maximum Gasteiger partial charge on any atom is 0.453 e. The number of nitro groups is 1. The number of aromatic nitrogens is 3. The van der Waals surface area contributed by atoms with E-state index in [0.717, 1.165) is 18.3 Å². The second kappa shape index (κ2) is 6.27. The van der Waals surface area contributed by atoms with Crippen LogP contribution in [0, 0.1) is 14.9 Å². The minimum Gasteiger partial charge on any atom is -0.504 e. The van der Waals surface area contributed by atoms with Gasteiger partial charge in [-0.1, -0.05) is 0 Å². The zero-order valence-corrected chi connectivity index (χ0v) is 12.6. The number of hydrogen-bond donors (Lipinski definition) is 2. The van der Waals surface area contributed by atoms with Crippen LogP contribution in [0.2, 0.25) is 0 Å². The van der Waals surface area contributed by atoms with Crippen molar-refractivity contribution in [2.24, 2.45) is 5.10 Å². The standard InChI is InChI=1S/C11H8F3N5O4S/c1-23-8-3-6(19(21)22)5(2-7(8)20)4-15-18-9(11(12,13)14)16-17-10(18)24/h2-4,20H,1H3,(H,17,24)/b15-4-. The summed E-state index contributed by atoms with van der Waals surface area (Å²) >= 11 is 4.63. The lowest BCUT2D eigenvalue weighted by atomic mass is 10.1. The molecule has 1 heterocycles. The van der Waals surface area contributed by atoms with E-state index in [2.05, 4.69) is 22.4 Å². The SMILES string of the molecule is COc1cc([N+](=O)[O-])c(/C=N\n2c(C(F)(F)F)n[nH]c2=S)cc1O. The second-order valence-electron chi connectivity index (χ2n) is 4.25. The van der Waals surface area contributed by atoms with Crippen molar-refractivity contribution in [3.05, 3.63) is 38.4 Å². The molecule has 0 atom stereocenters. The highest BCUT2D eigenvalue weighted by molar-refractivity contribution is 7.71. The van der Waals surface area contributed by atoms with Crippen molar-refractivity contribution in [3.63, 3.8) is 0 Å². The molecule has 1 aromatic heterocycles. The van der Waals surface area contributed by atoms with Gasteiger partial charge in [-0.25, -0.2) is 5.10 Å². The van der Waals surface area contributed by atoms with E-state index in [0.29, 0.717) is 0 Å². The summed E-state index contributed by atoms with van der Waals surface area (Å²) in [4.78, 5) is 10.2. The molecule has 2 rings (SSSR count). The Balaban J connectivity index is 2.55. The Bertz CT molecular complexity index is 874. The number of nitro benzene ring substituents is 1. The fourth-order valence-electron chi connectivity index (χ4n) is 1.70. The topological polar surface area (TPSA) is 119 Å². The molecule has 24 heavy (non-hydrogen) atoms. The number of hydrogen-bond acceptors (Lipinski definition) is 7. The summed E-state index contributed by atoms with van der Waals surface area (Å²) in [5.41, 5.74) is -0.786. The van der Waals surface area contributed by atoms with Crippen molar-refractivity contribution in [2.75, 3.05) is 7.11 Å². The average molecular weight is 363 g/mol. The molecule has 0 fully saturated rings. The minimum atomic E-state index is -4.83. The lowest BCUT2D eigenvalue weighted by molar-refractivity contribution is -0.385. The smallest absolute Gasteiger partial charge is 0.453 e. The lowest BCUT2D eigenvalue weighted by Crippen LogP contribution is -2.13. The Kier molecular flexibility index (Phi) is 4.54. The Labute approximate surface area is 136 Å². The molecular weight excluding hydrogens is 355 g/mol. The number of nitrogens with zero attached hydrogens (tertiary/aromatic N) is 4. The monoisotopic (exact) mass is 363 g/mol. The second-order valence-corrected chi connectivity index (χ2v) is 4.63. The van der Waals surface area contributed by atoms with Crippen LogP contribution in [0.4, 0.5) is 18.9 Å². The summed E-state index contributed by atoms with van der Waals surface area (Å²) in [5, 5.41) is 29.1. The van der Waals surface area contributed by atoms with Crippen molar-refractivity contribution in [1.82, 2.24) is 14.9 Å². The number of aromatic amines is 1. The Hall–Kier alpha value is -2.96. The first-order valence-corrected chi connectivity index (χ1v) is 6.40. The number of nitrogens with one attached hydrogen (secondary N) is 1. The zero-order valence-electron chi connectivity index (χ0n) is 11.7. The molecule has 0 radical (unpaired) electrons. The molecule has 0 aliphatic heterocycles. The van der Waals surface area contributed by atoms with Gasteiger partial charge < -0.3 is 9.84 Å². The van der Waals surface area contributed by atoms with Gasteiger partial charge in [-0.2, -0.15) is 22.9 Å². The number of phenolic OH excluding ortho intramolecular Hbond substituents is 1. The van der Waals surface area contributed by atoms with Crippen LogP contribution in [0.25, 0.3) is 0 Å². The molecule has 2 aromatic rings. The van der Waals surface area contributed by atoms with E-state index in [4.69, 9.17) is 4.74 Å². The third-order valence-electron chi connectivity index (χ3n) is 2.74. The number of aromatic hydroxyl groups is 1. The van der Waals surface area contributed by atoms with Crippen molar-refractivity contribution in [3.8, 4) is 11.5 Å². The van der Waals surface area contributed by atoms with Gasteiger partial charge in [0.1, 0.15) is 0 Å². The molecule has 1 aromatic carbocycles. The Morgan fingerprint density at radius 2 is 2.21 bits per heavy atom. The van der Waals surface area contributed by atoms with E-state index in [1.165, 1.54) is 7.11 Å². The number of methoxy groups -OCH3 is 1. The molecule has 0 amide bonds. The molecule has 0 saturated heterocycles. The number of phenols is 1. The first-order chi connectivity index (χ1) is 11.1. The van der Waals surface area contributed by atoms with Gasteiger partial charge in [0.2, 0.25) is 4.77 Å². The third kappa shape index (κ3) is 3.34. The molecule has 0 spiro atoms. The van der Waals surface area contributed by atoms with Gasteiger partial charge in [0.05, 0.1) is 29.9 Å². The Morgan fingerprint density at radius 1 is 1.54 bits per heavy atom. The molecule has 9 nitrogen and oxygen atoms in total. The number of alkyl halides is 3. The third-order valence-corrected chi connectivity index (χ3v) is 3.01. The summed E-state index contributed by atoms with van der Waals surface area (Å²) in [6.07, 6.45) is -4.09. The maximum absolute atomic E-state index is 12.8. The van der Waals surface area contributed by atoms with Crippen LogP contribution in [0.1, 0.15) is 11.4 Å². The maximum atomic E-state index is 12.8. The van der Waals surface area contributed by atoms with E-state index in [-0.39, 0.29) is 16.0 Å². The lowest BCUT2D eigenvalue weighted by Gasteiger charge is -2.06. The number of ether oxygens (including phenoxy) is 1. The van der Waals surface area contributed by atoms with Crippen molar-refractivity contribution in [1.29, 1.82) is 0 Å². The molecule has 2 N–H and O–H groups in total. The fourth-order valence-corrected chi connectivity index (χ4v) is 1.88. The molecule has 0 bridgehead atoms. The zero-order chi connectivity index (χ0) is 18.1. The van der Waals surface area contributed by atoms with Crippen LogP contribution in [-0.2, 0) is 6.18 Å². The summed E-state index contributed by atoms with van der Waals surface area (Å²) in [6, 6.07) is 1.84. The number of halogens is 3. The molecular formula is C11H8F3N5O4S. The first kappa shape index (κ1) is 17.4. The van der Waals surface area contributed by atoms with E-state index >= 15 is 0 Å². The van der Waals surface area contributed by atoms with Crippen LogP contribution >= 0.6 is 12.2 Å². The van der Waals surface area contributed by atoms with Gasteiger partial charge in [-0.05, 0) is 18.3 Å². The van der Waals surface area contributed by atoms with E-state index < -0.39 is 33.1 Å². The predicted molar refractivity (Wildman–Crippen MR) is 76.7 cm³/mol. The average Bonchev–Trinajstić information content (AvgIpc) is 2.85. The quantitative estimate of drug-likeness (QED) is 0.373. The highest BCUT2D eigenvalue weighted by atomic mass is 32.1. The van der Waals surface area contributed by atoms with Crippen molar-refractivity contribution >= 4 is 24.1 Å². The van der Waals surface area contributed by atoms with Gasteiger partial charge in [0, 0.05) is 0 Å². The molecule has 0 saturated carbocycles. The van der Waals surface area contributed by atoms with Crippen LogP contribution in [0.3, 0.4) is 0 Å². The van der Waals surface area contributed by atoms with Gasteiger partial charge in [-0.15, -0.1) is 5.10 Å².